The molecule has 3 aromatic rings. The maximum atomic E-state index is 10.9. The Morgan fingerprint density at radius 2 is 2.20 bits per heavy atom. The predicted molar refractivity (Wildman–Crippen MR) is 78.2 cm³/mol. The summed E-state index contributed by atoms with van der Waals surface area (Å²) in [6.45, 7) is 0. The summed E-state index contributed by atoms with van der Waals surface area (Å²) < 4.78 is 1.15. The van der Waals surface area contributed by atoms with Crippen LogP contribution in [0.5, 0.6) is 0 Å². The van der Waals surface area contributed by atoms with Crippen LogP contribution in [0.1, 0.15) is 0 Å². The Morgan fingerprint density at radius 3 is 3.00 bits per heavy atom. The maximum Gasteiger partial charge on any atom is 0.329 e. The summed E-state index contributed by atoms with van der Waals surface area (Å²) in [5.41, 5.74) is 5.96. The molecule has 0 atom stereocenters. The van der Waals surface area contributed by atoms with Crippen LogP contribution in [-0.4, -0.2) is 14.9 Å². The number of nitrogens with zero attached hydrogens (tertiary/aromatic N) is 3. The summed E-state index contributed by atoms with van der Waals surface area (Å²) in [7, 11) is 0. The van der Waals surface area contributed by atoms with Gasteiger partial charge >= 0.3 is 5.69 Å². The van der Waals surface area contributed by atoms with Gasteiger partial charge in [0.05, 0.1) is 4.92 Å². The van der Waals surface area contributed by atoms with Crippen LogP contribution in [0.4, 0.5) is 23.1 Å². The van der Waals surface area contributed by atoms with E-state index in [1.165, 1.54) is 0 Å². The zero-order valence-corrected chi connectivity index (χ0v) is 10.9. The van der Waals surface area contributed by atoms with Crippen LogP contribution in [0.15, 0.2) is 35.8 Å². The summed E-state index contributed by atoms with van der Waals surface area (Å²) in [6.07, 6.45) is 1.09. The van der Waals surface area contributed by atoms with Crippen molar-refractivity contribution in [2.45, 2.75) is 0 Å². The molecule has 0 saturated carbocycles. The van der Waals surface area contributed by atoms with E-state index < -0.39 is 4.92 Å². The number of fused-ring (bicyclic) bond motifs is 1. The van der Waals surface area contributed by atoms with Gasteiger partial charge in [-0.15, -0.1) is 11.3 Å². The first-order valence-corrected chi connectivity index (χ1v) is 6.52. The van der Waals surface area contributed by atoms with Gasteiger partial charge < -0.3 is 11.1 Å². The van der Waals surface area contributed by atoms with Crippen molar-refractivity contribution in [3.8, 4) is 0 Å². The molecule has 3 N–H and O–H groups in total. The number of hydrogen-bond acceptors (Lipinski definition) is 7. The Kier molecular flexibility index (Phi) is 2.92. The van der Waals surface area contributed by atoms with Crippen LogP contribution < -0.4 is 11.1 Å². The SMILES string of the molecule is Nc1ncc([N+](=O)[O-])c(Nc2ccc3sccc3c2)n1. The number of nitrogens with two attached hydrogens (primary N) is 1. The topological polar surface area (TPSA) is 107 Å². The molecule has 0 aliphatic rings. The predicted octanol–water partition coefficient (Wildman–Crippen LogP) is 2.93. The van der Waals surface area contributed by atoms with Gasteiger partial charge in [0.1, 0.15) is 6.20 Å². The van der Waals surface area contributed by atoms with E-state index in [1.54, 1.807) is 11.3 Å². The lowest BCUT2D eigenvalue weighted by molar-refractivity contribution is -0.384. The third kappa shape index (κ3) is 2.24. The molecule has 0 aliphatic heterocycles. The average Bonchev–Trinajstić information content (AvgIpc) is 2.85. The summed E-state index contributed by atoms with van der Waals surface area (Å²) >= 11 is 1.63. The van der Waals surface area contributed by atoms with E-state index in [0.717, 1.165) is 16.3 Å². The number of anilines is 3. The molecular weight excluding hydrogens is 278 g/mol. The Hall–Kier alpha value is -2.74. The number of rotatable bonds is 3. The molecule has 0 unspecified atom stereocenters. The average molecular weight is 287 g/mol. The van der Waals surface area contributed by atoms with E-state index in [9.17, 15) is 10.1 Å². The molecule has 0 amide bonds. The number of thiophene rings is 1. The molecule has 0 aliphatic carbocycles. The summed E-state index contributed by atoms with van der Waals surface area (Å²) in [4.78, 5) is 17.9. The number of benzene rings is 1. The first kappa shape index (κ1) is 12.3. The van der Waals surface area contributed by atoms with Crippen LogP contribution >= 0.6 is 11.3 Å². The fraction of sp³-hybridized carbons (Fsp3) is 0. The first-order chi connectivity index (χ1) is 9.63. The van der Waals surface area contributed by atoms with Gasteiger partial charge in [-0.1, -0.05) is 0 Å². The highest BCUT2D eigenvalue weighted by molar-refractivity contribution is 7.17. The Labute approximate surface area is 117 Å². The molecule has 7 nitrogen and oxygen atoms in total. The zero-order valence-electron chi connectivity index (χ0n) is 10.1. The molecule has 0 spiro atoms. The molecule has 0 fully saturated rings. The van der Waals surface area contributed by atoms with Crippen molar-refractivity contribution in [1.29, 1.82) is 0 Å². The second kappa shape index (κ2) is 4.74. The second-order valence-electron chi connectivity index (χ2n) is 4.02. The molecule has 8 heteroatoms. The number of nitrogen functional groups attached to an aromatic ring is 1. The number of nitrogens with one attached hydrogen (secondary N) is 1. The first-order valence-electron chi connectivity index (χ1n) is 5.64. The lowest BCUT2D eigenvalue weighted by Gasteiger charge is -2.06. The standard InChI is InChI=1S/C12H9N5O2S/c13-12-14-6-9(17(18)19)11(16-12)15-8-1-2-10-7(5-8)3-4-20-10/h1-6H,(H3,13,14,15,16). The fourth-order valence-electron chi connectivity index (χ4n) is 1.80. The van der Waals surface area contributed by atoms with Gasteiger partial charge in [-0.25, -0.2) is 4.98 Å². The molecule has 2 aromatic heterocycles. The molecule has 0 radical (unpaired) electrons. The molecule has 0 saturated heterocycles. The van der Waals surface area contributed by atoms with Crippen LogP contribution in [0.25, 0.3) is 10.1 Å². The van der Waals surface area contributed by atoms with Crippen LogP contribution in [-0.2, 0) is 0 Å². The smallest absolute Gasteiger partial charge is 0.329 e. The Bertz CT molecular complexity index is 801. The van der Waals surface area contributed by atoms with Crippen molar-refractivity contribution in [1.82, 2.24) is 9.97 Å². The minimum absolute atomic E-state index is 0.0188. The minimum Gasteiger partial charge on any atom is -0.368 e. The molecule has 0 bridgehead atoms. The number of hydrogen-bond donors (Lipinski definition) is 2. The van der Waals surface area contributed by atoms with Crippen molar-refractivity contribution in [2.24, 2.45) is 0 Å². The molecule has 20 heavy (non-hydrogen) atoms. The van der Waals surface area contributed by atoms with E-state index in [2.05, 4.69) is 15.3 Å². The van der Waals surface area contributed by atoms with Gasteiger partial charge in [-0.05, 0) is 35.0 Å². The largest absolute Gasteiger partial charge is 0.368 e. The van der Waals surface area contributed by atoms with E-state index in [0.29, 0.717) is 5.69 Å². The lowest BCUT2D eigenvalue weighted by atomic mass is 10.2. The van der Waals surface area contributed by atoms with Gasteiger partial charge in [-0.3, -0.25) is 10.1 Å². The monoisotopic (exact) mass is 287 g/mol. The maximum absolute atomic E-state index is 10.9. The van der Waals surface area contributed by atoms with Crippen LogP contribution in [0, 0.1) is 10.1 Å². The van der Waals surface area contributed by atoms with Crippen molar-refractivity contribution in [2.75, 3.05) is 11.1 Å². The highest BCUT2D eigenvalue weighted by atomic mass is 32.1. The van der Waals surface area contributed by atoms with E-state index in [1.807, 2.05) is 29.6 Å². The van der Waals surface area contributed by atoms with Crippen molar-refractivity contribution in [3.05, 3.63) is 46.0 Å². The van der Waals surface area contributed by atoms with Crippen LogP contribution in [0.2, 0.25) is 0 Å². The summed E-state index contributed by atoms with van der Waals surface area (Å²) in [5.74, 6) is 0.0618. The molecule has 2 heterocycles. The van der Waals surface area contributed by atoms with Crippen molar-refractivity contribution < 1.29 is 4.92 Å². The van der Waals surface area contributed by atoms with Gasteiger partial charge in [0.2, 0.25) is 11.8 Å². The highest BCUT2D eigenvalue weighted by Crippen LogP contribution is 2.28. The van der Waals surface area contributed by atoms with Crippen LogP contribution in [0.3, 0.4) is 0 Å². The molecular formula is C12H9N5O2S. The molecule has 100 valence electrons. The fourth-order valence-corrected chi connectivity index (χ4v) is 2.57. The van der Waals surface area contributed by atoms with Gasteiger partial charge in [0, 0.05) is 10.4 Å². The van der Waals surface area contributed by atoms with Crippen molar-refractivity contribution in [3.63, 3.8) is 0 Å². The summed E-state index contributed by atoms with van der Waals surface area (Å²) in [6, 6.07) is 7.65. The third-order valence-corrected chi connectivity index (χ3v) is 3.60. The van der Waals surface area contributed by atoms with E-state index in [-0.39, 0.29) is 17.5 Å². The normalized spacial score (nSPS) is 10.6. The quantitative estimate of drug-likeness (QED) is 0.566. The Balaban J connectivity index is 2.01. The highest BCUT2D eigenvalue weighted by Gasteiger charge is 2.16. The van der Waals surface area contributed by atoms with E-state index >= 15 is 0 Å². The third-order valence-electron chi connectivity index (χ3n) is 2.70. The second-order valence-corrected chi connectivity index (χ2v) is 4.97. The number of aromatic nitrogens is 2. The van der Waals surface area contributed by atoms with Gasteiger partial charge in [0.25, 0.3) is 0 Å². The number of nitro groups is 1. The van der Waals surface area contributed by atoms with Gasteiger partial charge in [-0.2, -0.15) is 4.98 Å². The van der Waals surface area contributed by atoms with Gasteiger partial charge in [0.15, 0.2) is 0 Å². The minimum atomic E-state index is -0.551. The summed E-state index contributed by atoms with van der Waals surface area (Å²) in [5, 5.41) is 16.9. The Morgan fingerprint density at radius 1 is 1.35 bits per heavy atom. The zero-order chi connectivity index (χ0) is 14.1. The molecule has 1 aromatic carbocycles. The molecule has 3 rings (SSSR count). The lowest BCUT2D eigenvalue weighted by Crippen LogP contribution is -2.03. The van der Waals surface area contributed by atoms with E-state index in [4.69, 9.17) is 5.73 Å². The van der Waals surface area contributed by atoms with Crippen molar-refractivity contribution >= 4 is 44.6 Å².